The second-order valence-corrected chi connectivity index (χ2v) is 11.2. The molecule has 1 aliphatic heterocycles. The van der Waals surface area contributed by atoms with Gasteiger partial charge in [0.15, 0.2) is 4.90 Å². The Morgan fingerprint density at radius 1 is 1.00 bits per heavy atom. The van der Waals surface area contributed by atoms with Crippen LogP contribution in [0.5, 0.6) is 5.75 Å². The van der Waals surface area contributed by atoms with Gasteiger partial charge < -0.3 is 4.74 Å². The molecule has 2 unspecified atom stereocenters. The molecule has 1 aromatic carbocycles. The number of ether oxygens (including phenoxy) is 1. The van der Waals surface area contributed by atoms with E-state index in [0.717, 1.165) is 28.7 Å². The number of hydrogen-bond donors (Lipinski definition) is 0. The molecule has 3 aliphatic rings. The lowest BCUT2D eigenvalue weighted by Gasteiger charge is -2.38. The van der Waals surface area contributed by atoms with Gasteiger partial charge in [-0.15, -0.1) is 0 Å². The number of esters is 1. The topological polar surface area (TPSA) is 26.3 Å². The number of benzene rings is 1. The number of carbonyl (C=O) groups is 1. The molecule has 2 atom stereocenters. The van der Waals surface area contributed by atoms with Crippen LogP contribution in [-0.2, 0) is 15.7 Å². The lowest BCUT2D eigenvalue weighted by molar-refractivity contribution is -0.136. The van der Waals surface area contributed by atoms with Crippen molar-refractivity contribution >= 4 is 16.9 Å². The number of rotatable bonds is 4. The molecule has 3 fully saturated rings. The Bertz CT molecular complexity index is 627. The smallest absolute Gasteiger partial charge is 0.311 e. The van der Waals surface area contributed by atoms with Crippen LogP contribution in [0.4, 0.5) is 0 Å². The number of hydrogen-bond acceptors (Lipinski definition) is 2. The number of fused-ring (bicyclic) bond motifs is 2. The molecule has 142 valence electrons. The van der Waals surface area contributed by atoms with Crippen molar-refractivity contribution in [1.29, 1.82) is 0 Å². The predicted octanol–water partition coefficient (Wildman–Crippen LogP) is 5.59. The van der Waals surface area contributed by atoms with E-state index in [1.165, 1.54) is 67.8 Å². The first-order chi connectivity index (χ1) is 12.6. The van der Waals surface area contributed by atoms with Crippen LogP contribution in [0.2, 0.25) is 0 Å². The summed E-state index contributed by atoms with van der Waals surface area (Å²) in [6.45, 7) is 4.20. The van der Waals surface area contributed by atoms with Crippen molar-refractivity contribution in [1.82, 2.24) is 0 Å². The predicted molar refractivity (Wildman–Crippen MR) is 109 cm³/mol. The van der Waals surface area contributed by atoms with E-state index in [1.807, 2.05) is 0 Å². The average molecular weight is 374 g/mol. The Kier molecular flexibility index (Phi) is 5.63. The summed E-state index contributed by atoms with van der Waals surface area (Å²) in [6, 6.07) is 4.55. The molecule has 1 heterocycles. The first-order valence-electron chi connectivity index (χ1n) is 10.6. The highest BCUT2D eigenvalue weighted by molar-refractivity contribution is 7.97. The van der Waals surface area contributed by atoms with E-state index in [4.69, 9.17) is 4.74 Å². The van der Waals surface area contributed by atoms with E-state index in [0.29, 0.717) is 23.2 Å². The normalized spacial score (nSPS) is 28.9. The zero-order valence-electron chi connectivity index (χ0n) is 16.4. The molecule has 0 amide bonds. The van der Waals surface area contributed by atoms with Gasteiger partial charge in [-0.05, 0) is 87.0 Å². The van der Waals surface area contributed by atoms with Crippen molar-refractivity contribution in [3.8, 4) is 5.75 Å². The van der Waals surface area contributed by atoms with Gasteiger partial charge in [-0.25, -0.2) is 0 Å². The van der Waals surface area contributed by atoms with Crippen molar-refractivity contribution in [2.75, 3.05) is 11.5 Å². The minimum atomic E-state index is -0.0164. The molecule has 2 saturated carbocycles. The molecule has 0 aromatic heterocycles. The summed E-state index contributed by atoms with van der Waals surface area (Å²) in [7, 11) is 0.419. The molecular formula is C23H33O2S+. The first-order valence-corrected chi connectivity index (χ1v) is 12.1. The molecule has 26 heavy (non-hydrogen) atoms. The van der Waals surface area contributed by atoms with Crippen molar-refractivity contribution in [3.63, 3.8) is 0 Å². The fraction of sp³-hybridized carbons (Fsp3) is 0.696. The molecular weight excluding hydrogens is 340 g/mol. The van der Waals surface area contributed by atoms with Gasteiger partial charge in [0.2, 0.25) is 0 Å². The third-order valence-corrected chi connectivity index (χ3v) is 9.16. The molecule has 2 nitrogen and oxygen atoms in total. The summed E-state index contributed by atoms with van der Waals surface area (Å²) in [6.07, 6.45) is 11.4. The molecule has 0 N–H and O–H groups in total. The second-order valence-electron chi connectivity index (χ2n) is 8.91. The maximum atomic E-state index is 12.6. The third kappa shape index (κ3) is 4.13. The molecule has 1 saturated heterocycles. The standard InChI is InChI=1S/C23H33O2S/c1-16-10-21(26-8-3-4-9-26)11-17(2)23(16)25-22(24)15-20-13-18-6-5-7-19(12-18)14-20/h10-11,18-20H,3-9,12-15H2,1-2H3/q+1. The highest BCUT2D eigenvalue weighted by atomic mass is 32.2. The zero-order valence-corrected chi connectivity index (χ0v) is 17.2. The van der Waals surface area contributed by atoms with Gasteiger partial charge in [-0.2, -0.15) is 0 Å². The largest absolute Gasteiger partial charge is 0.426 e. The van der Waals surface area contributed by atoms with E-state index < -0.39 is 0 Å². The number of aryl methyl sites for hydroxylation is 2. The first kappa shape index (κ1) is 18.4. The van der Waals surface area contributed by atoms with Gasteiger partial charge in [-0.3, -0.25) is 4.79 Å². The van der Waals surface area contributed by atoms with E-state index in [2.05, 4.69) is 26.0 Å². The van der Waals surface area contributed by atoms with Crippen LogP contribution in [-0.4, -0.2) is 17.5 Å². The summed E-state index contributed by atoms with van der Waals surface area (Å²) in [4.78, 5) is 14.1. The van der Waals surface area contributed by atoms with Crippen LogP contribution in [0.3, 0.4) is 0 Å². The van der Waals surface area contributed by atoms with Crippen LogP contribution in [0.15, 0.2) is 17.0 Å². The zero-order chi connectivity index (χ0) is 18.1. The van der Waals surface area contributed by atoms with Crippen molar-refractivity contribution in [3.05, 3.63) is 23.3 Å². The highest BCUT2D eigenvalue weighted by Gasteiger charge is 2.33. The van der Waals surface area contributed by atoms with Crippen LogP contribution < -0.4 is 4.74 Å². The molecule has 1 aromatic rings. The van der Waals surface area contributed by atoms with Gasteiger partial charge >= 0.3 is 5.97 Å². The quantitative estimate of drug-likeness (QED) is 0.391. The lowest BCUT2D eigenvalue weighted by Crippen LogP contribution is -2.29. The highest BCUT2D eigenvalue weighted by Crippen LogP contribution is 2.43. The van der Waals surface area contributed by atoms with E-state index in [1.54, 1.807) is 0 Å². The maximum Gasteiger partial charge on any atom is 0.311 e. The van der Waals surface area contributed by atoms with Crippen LogP contribution in [0, 0.1) is 31.6 Å². The number of carbonyl (C=O) groups excluding carboxylic acids is 1. The fourth-order valence-corrected chi connectivity index (χ4v) is 8.02. The summed E-state index contributed by atoms with van der Waals surface area (Å²) in [5, 5.41) is 0. The monoisotopic (exact) mass is 373 g/mol. The van der Waals surface area contributed by atoms with E-state index in [9.17, 15) is 4.79 Å². The lowest BCUT2D eigenvalue weighted by atomic mass is 9.67. The Morgan fingerprint density at radius 3 is 2.23 bits per heavy atom. The third-order valence-electron chi connectivity index (χ3n) is 6.69. The van der Waals surface area contributed by atoms with Gasteiger partial charge in [0, 0.05) is 17.3 Å². The summed E-state index contributed by atoms with van der Waals surface area (Å²) >= 11 is 0. The van der Waals surface area contributed by atoms with Crippen molar-refractivity contribution < 1.29 is 9.53 Å². The fourth-order valence-electron chi connectivity index (χ4n) is 5.56. The van der Waals surface area contributed by atoms with Crippen LogP contribution in [0.1, 0.15) is 68.9 Å². The van der Waals surface area contributed by atoms with Crippen molar-refractivity contribution in [2.45, 2.75) is 76.5 Å². The minimum absolute atomic E-state index is 0.0164. The maximum absolute atomic E-state index is 12.6. The van der Waals surface area contributed by atoms with Gasteiger partial charge in [0.1, 0.15) is 17.3 Å². The Labute approximate surface area is 161 Å². The molecule has 4 rings (SSSR count). The molecule has 2 aliphatic carbocycles. The molecule has 0 radical (unpaired) electrons. The SMILES string of the molecule is Cc1cc([S+]2CCCC2)cc(C)c1OC(=O)CC1CC2CCCC(C2)C1. The van der Waals surface area contributed by atoms with Crippen LogP contribution in [0.25, 0.3) is 0 Å². The van der Waals surface area contributed by atoms with Crippen molar-refractivity contribution in [2.24, 2.45) is 17.8 Å². The average Bonchev–Trinajstić information content (AvgIpc) is 3.12. The van der Waals surface area contributed by atoms with Gasteiger partial charge in [-0.1, -0.05) is 19.3 Å². The molecule has 0 spiro atoms. The summed E-state index contributed by atoms with van der Waals surface area (Å²) in [5.41, 5.74) is 2.27. The van der Waals surface area contributed by atoms with Crippen LogP contribution >= 0.6 is 0 Å². The Balaban J connectivity index is 1.39. The molecule has 2 bridgehead atoms. The minimum Gasteiger partial charge on any atom is -0.426 e. The molecule has 3 heteroatoms. The van der Waals surface area contributed by atoms with Gasteiger partial charge in [0.25, 0.3) is 0 Å². The van der Waals surface area contributed by atoms with E-state index >= 15 is 0 Å². The second kappa shape index (κ2) is 7.96. The summed E-state index contributed by atoms with van der Waals surface area (Å²) < 4.78 is 5.88. The van der Waals surface area contributed by atoms with Gasteiger partial charge in [0.05, 0.1) is 0 Å². The summed E-state index contributed by atoms with van der Waals surface area (Å²) in [5.74, 6) is 5.76. The Hall–Kier alpha value is -0.960. The Morgan fingerprint density at radius 2 is 1.62 bits per heavy atom. The van der Waals surface area contributed by atoms with E-state index in [-0.39, 0.29) is 5.97 Å².